The molecule has 0 radical (unpaired) electrons. The van der Waals surface area contributed by atoms with Crippen molar-refractivity contribution in [1.29, 1.82) is 0 Å². The van der Waals surface area contributed by atoms with Crippen LogP contribution in [0.4, 0.5) is 0 Å². The minimum Gasteiger partial charge on any atom is -0.317 e. The lowest BCUT2D eigenvalue weighted by Crippen LogP contribution is -2.28. The molecule has 0 aromatic carbocycles. The van der Waals surface area contributed by atoms with Crippen molar-refractivity contribution in [2.75, 3.05) is 13.1 Å². The summed E-state index contributed by atoms with van der Waals surface area (Å²) in [5, 5.41) is 8.18. The minimum atomic E-state index is 0. The van der Waals surface area contributed by atoms with E-state index in [1.54, 1.807) is 6.07 Å². The van der Waals surface area contributed by atoms with E-state index in [0.29, 0.717) is 5.92 Å². The number of piperidine rings is 1. The summed E-state index contributed by atoms with van der Waals surface area (Å²) < 4.78 is 2.02. The second-order valence-corrected chi connectivity index (χ2v) is 5.98. The maximum atomic E-state index is 12.0. The van der Waals surface area contributed by atoms with Gasteiger partial charge in [-0.15, -0.1) is 12.4 Å². The summed E-state index contributed by atoms with van der Waals surface area (Å²) in [5.74, 6) is 0.447. The molecule has 21 heavy (non-hydrogen) atoms. The fourth-order valence-corrected chi connectivity index (χ4v) is 3.63. The first kappa shape index (κ1) is 14.6. The van der Waals surface area contributed by atoms with Gasteiger partial charge >= 0.3 is 0 Å². The van der Waals surface area contributed by atoms with Crippen LogP contribution in [0.3, 0.4) is 0 Å². The van der Waals surface area contributed by atoms with Crippen LogP contribution in [0.5, 0.6) is 0 Å². The van der Waals surface area contributed by atoms with Crippen LogP contribution in [0.15, 0.2) is 10.9 Å². The number of aromatic nitrogens is 3. The van der Waals surface area contributed by atoms with Gasteiger partial charge in [0.05, 0.1) is 11.4 Å². The van der Waals surface area contributed by atoms with Crippen LogP contribution in [-0.2, 0) is 12.8 Å². The van der Waals surface area contributed by atoms with E-state index in [1.807, 2.05) is 4.52 Å². The largest absolute Gasteiger partial charge is 0.317 e. The maximum Gasteiger partial charge on any atom is 0.251 e. The molecule has 1 aliphatic carbocycles. The molecule has 2 N–H and O–H groups in total. The average Bonchev–Trinajstić information content (AvgIpc) is 2.86. The minimum absolute atomic E-state index is 0. The standard InChI is InChI=1S/C15H20N4O.ClH/c20-14-9-13(10-5-7-16-8-6-10)19-15(17-14)11-3-1-2-4-12(11)18-19;/h9-10,16H,1-8H2,(H,17,20);1H. The third kappa shape index (κ3) is 2.49. The Morgan fingerprint density at radius 2 is 1.95 bits per heavy atom. The number of rotatable bonds is 1. The Kier molecular flexibility index (Phi) is 4.04. The quantitative estimate of drug-likeness (QED) is 0.844. The monoisotopic (exact) mass is 308 g/mol. The Morgan fingerprint density at radius 1 is 1.19 bits per heavy atom. The molecule has 2 aliphatic rings. The second-order valence-electron chi connectivity index (χ2n) is 5.98. The van der Waals surface area contributed by atoms with Crippen LogP contribution >= 0.6 is 12.4 Å². The van der Waals surface area contributed by atoms with Gasteiger partial charge in [0.1, 0.15) is 5.65 Å². The third-order valence-electron chi connectivity index (χ3n) is 4.68. The first-order chi connectivity index (χ1) is 9.83. The van der Waals surface area contributed by atoms with Crippen molar-refractivity contribution in [3.8, 4) is 0 Å². The van der Waals surface area contributed by atoms with E-state index < -0.39 is 0 Å². The number of H-pyrrole nitrogens is 1. The van der Waals surface area contributed by atoms with Crippen LogP contribution < -0.4 is 10.9 Å². The summed E-state index contributed by atoms with van der Waals surface area (Å²) in [6, 6.07) is 1.75. The van der Waals surface area contributed by atoms with E-state index in [9.17, 15) is 4.79 Å². The Morgan fingerprint density at radius 3 is 2.76 bits per heavy atom. The van der Waals surface area contributed by atoms with E-state index in [-0.39, 0.29) is 18.0 Å². The van der Waals surface area contributed by atoms with Gasteiger partial charge < -0.3 is 10.3 Å². The maximum absolute atomic E-state index is 12.0. The van der Waals surface area contributed by atoms with Crippen LogP contribution in [0, 0.1) is 0 Å². The van der Waals surface area contributed by atoms with Crippen molar-refractivity contribution in [1.82, 2.24) is 19.9 Å². The number of nitrogens with zero attached hydrogens (tertiary/aromatic N) is 2. The lowest BCUT2D eigenvalue weighted by atomic mass is 9.94. The van der Waals surface area contributed by atoms with E-state index in [1.165, 1.54) is 24.1 Å². The molecule has 0 amide bonds. The Balaban J connectivity index is 0.00000132. The highest BCUT2D eigenvalue weighted by atomic mass is 35.5. The summed E-state index contributed by atoms with van der Waals surface area (Å²) in [4.78, 5) is 15.0. The van der Waals surface area contributed by atoms with E-state index in [4.69, 9.17) is 5.10 Å². The number of halogens is 1. The van der Waals surface area contributed by atoms with Gasteiger partial charge in [-0.05, 0) is 51.6 Å². The van der Waals surface area contributed by atoms with Gasteiger partial charge in [-0.1, -0.05) is 0 Å². The van der Waals surface area contributed by atoms with E-state index in [0.717, 1.165) is 50.1 Å². The predicted molar refractivity (Wildman–Crippen MR) is 84.5 cm³/mol. The summed E-state index contributed by atoms with van der Waals surface area (Å²) in [5.41, 5.74) is 4.51. The fourth-order valence-electron chi connectivity index (χ4n) is 3.63. The molecule has 1 saturated heterocycles. The highest BCUT2D eigenvalue weighted by Crippen LogP contribution is 2.28. The Hall–Kier alpha value is -1.33. The molecule has 4 rings (SSSR count). The van der Waals surface area contributed by atoms with Crippen molar-refractivity contribution >= 4 is 18.1 Å². The van der Waals surface area contributed by atoms with Gasteiger partial charge in [0, 0.05) is 17.5 Å². The highest BCUT2D eigenvalue weighted by molar-refractivity contribution is 5.85. The van der Waals surface area contributed by atoms with Crippen molar-refractivity contribution in [3.63, 3.8) is 0 Å². The number of fused-ring (bicyclic) bond motifs is 3. The number of hydrogen-bond acceptors (Lipinski definition) is 3. The molecule has 0 saturated carbocycles. The first-order valence-electron chi connectivity index (χ1n) is 7.67. The zero-order chi connectivity index (χ0) is 13.5. The van der Waals surface area contributed by atoms with Gasteiger partial charge in [-0.25, -0.2) is 4.52 Å². The SMILES string of the molecule is Cl.O=c1cc(C2CCNCC2)n2nc3c(c2[nH]1)CCCC3. The number of aromatic amines is 1. The summed E-state index contributed by atoms with van der Waals surface area (Å²) in [6.45, 7) is 2.06. The van der Waals surface area contributed by atoms with Gasteiger partial charge in [-0.3, -0.25) is 4.79 Å². The number of nitrogens with one attached hydrogen (secondary N) is 2. The smallest absolute Gasteiger partial charge is 0.251 e. The van der Waals surface area contributed by atoms with Crippen molar-refractivity contribution in [2.45, 2.75) is 44.4 Å². The molecule has 5 nitrogen and oxygen atoms in total. The number of hydrogen-bond donors (Lipinski definition) is 2. The predicted octanol–water partition coefficient (Wildman–Crippen LogP) is 1.79. The first-order valence-corrected chi connectivity index (χ1v) is 7.67. The molecular weight excluding hydrogens is 288 g/mol. The van der Waals surface area contributed by atoms with E-state index >= 15 is 0 Å². The highest BCUT2D eigenvalue weighted by Gasteiger charge is 2.23. The molecule has 2 aromatic heterocycles. The molecule has 2 aromatic rings. The Bertz CT molecular complexity index is 699. The second kappa shape index (κ2) is 5.81. The van der Waals surface area contributed by atoms with E-state index in [2.05, 4.69) is 10.3 Å². The molecule has 1 fully saturated rings. The van der Waals surface area contributed by atoms with Crippen LogP contribution in [0.2, 0.25) is 0 Å². The van der Waals surface area contributed by atoms with Crippen LogP contribution in [0.25, 0.3) is 5.65 Å². The van der Waals surface area contributed by atoms with Gasteiger partial charge in [0.25, 0.3) is 5.56 Å². The molecule has 3 heterocycles. The van der Waals surface area contributed by atoms with Crippen LogP contribution in [-0.4, -0.2) is 27.7 Å². The molecule has 0 atom stereocenters. The molecule has 1 aliphatic heterocycles. The summed E-state index contributed by atoms with van der Waals surface area (Å²) in [7, 11) is 0. The summed E-state index contributed by atoms with van der Waals surface area (Å²) in [6.07, 6.45) is 6.68. The van der Waals surface area contributed by atoms with Gasteiger partial charge in [0.2, 0.25) is 0 Å². The van der Waals surface area contributed by atoms with Gasteiger partial charge in [0.15, 0.2) is 0 Å². The lowest BCUT2D eigenvalue weighted by Gasteiger charge is -2.23. The van der Waals surface area contributed by atoms with Crippen molar-refractivity contribution in [3.05, 3.63) is 33.4 Å². The normalized spacial score (nSPS) is 19.2. The lowest BCUT2D eigenvalue weighted by molar-refractivity contribution is 0.446. The fraction of sp³-hybridized carbons (Fsp3) is 0.600. The molecule has 0 bridgehead atoms. The van der Waals surface area contributed by atoms with Gasteiger partial charge in [-0.2, -0.15) is 5.10 Å². The Labute approximate surface area is 129 Å². The average molecular weight is 309 g/mol. The van der Waals surface area contributed by atoms with Crippen molar-refractivity contribution in [2.24, 2.45) is 0 Å². The molecule has 6 heteroatoms. The summed E-state index contributed by atoms with van der Waals surface area (Å²) >= 11 is 0. The topological polar surface area (TPSA) is 62.2 Å². The number of aryl methyl sites for hydroxylation is 2. The molecule has 114 valence electrons. The molecular formula is C15H21ClN4O. The third-order valence-corrected chi connectivity index (χ3v) is 4.68. The van der Waals surface area contributed by atoms with Crippen molar-refractivity contribution < 1.29 is 0 Å². The molecule has 0 unspecified atom stereocenters. The molecule has 0 spiro atoms. The van der Waals surface area contributed by atoms with Crippen LogP contribution in [0.1, 0.15) is 48.6 Å². The zero-order valence-corrected chi connectivity index (χ0v) is 12.8. The zero-order valence-electron chi connectivity index (χ0n) is 12.0.